The number of rotatable bonds is 3. The molecule has 3 aromatic rings. The van der Waals surface area contributed by atoms with Gasteiger partial charge < -0.3 is 4.74 Å². The maximum atomic E-state index is 13.9. The van der Waals surface area contributed by atoms with E-state index in [0.717, 1.165) is 21.6 Å². The van der Waals surface area contributed by atoms with Crippen molar-refractivity contribution in [3.63, 3.8) is 0 Å². The average molecular weight is 367 g/mol. The third-order valence-electron chi connectivity index (χ3n) is 4.32. The van der Waals surface area contributed by atoms with Gasteiger partial charge in [0.2, 0.25) is 5.90 Å². The molecule has 0 aliphatic carbocycles. The zero-order valence-electron chi connectivity index (χ0n) is 13.7. The topological polar surface area (TPSA) is 21.6 Å². The predicted octanol–water partition coefficient (Wildman–Crippen LogP) is 5.44. The van der Waals surface area contributed by atoms with Crippen LogP contribution in [0.25, 0.3) is 11.1 Å². The molecule has 0 radical (unpaired) electrons. The Morgan fingerprint density at radius 3 is 2.04 bits per heavy atom. The van der Waals surface area contributed by atoms with Crippen LogP contribution in [0.5, 0.6) is 0 Å². The quantitative estimate of drug-likeness (QED) is 0.612. The number of benzene rings is 3. The van der Waals surface area contributed by atoms with Crippen LogP contribution in [0.4, 0.5) is 8.78 Å². The van der Waals surface area contributed by atoms with E-state index in [1.165, 1.54) is 18.2 Å². The molecule has 5 heteroatoms. The van der Waals surface area contributed by atoms with E-state index in [9.17, 15) is 8.78 Å². The summed E-state index contributed by atoms with van der Waals surface area (Å²) in [5, 5.41) is 0. The smallest absolute Gasteiger partial charge is 0.222 e. The average Bonchev–Trinajstić information content (AvgIpc) is 3.12. The normalized spacial score (nSPS) is 16.3. The van der Waals surface area contributed by atoms with Crippen LogP contribution in [0, 0.1) is 11.6 Å². The summed E-state index contributed by atoms with van der Waals surface area (Å²) in [6.45, 7) is 0.261. The third-order valence-corrected chi connectivity index (χ3v) is 4.62. The summed E-state index contributed by atoms with van der Waals surface area (Å²) < 4.78 is 33.2. The van der Waals surface area contributed by atoms with Crippen molar-refractivity contribution in [3.05, 3.63) is 89.5 Å². The fourth-order valence-electron chi connectivity index (χ4n) is 2.94. The fraction of sp³-hybridized carbons (Fsp3) is 0.0952. The molecule has 2 nitrogen and oxygen atoms in total. The molecule has 1 heterocycles. The van der Waals surface area contributed by atoms with E-state index in [0.29, 0.717) is 0 Å². The molecule has 3 aromatic carbocycles. The number of aliphatic imine (C=N–C) groups is 1. The number of halogens is 2. The van der Waals surface area contributed by atoms with Gasteiger partial charge in [0.15, 0.2) is 0 Å². The minimum Gasteiger partial charge on any atom is -0.475 e. The van der Waals surface area contributed by atoms with E-state index in [1.807, 2.05) is 48.5 Å². The summed E-state index contributed by atoms with van der Waals surface area (Å²) in [5.74, 6) is -1.33. The Labute approximate surface area is 155 Å². The van der Waals surface area contributed by atoms with Crippen LogP contribution in [-0.2, 0) is 4.74 Å². The minimum absolute atomic E-state index is 0.0130. The Balaban J connectivity index is 1.59. The van der Waals surface area contributed by atoms with Crippen LogP contribution in [0.1, 0.15) is 17.2 Å². The highest BCUT2D eigenvalue weighted by Crippen LogP contribution is 2.29. The van der Waals surface area contributed by atoms with Crippen LogP contribution in [0.3, 0.4) is 0 Å². The number of nitrogens with zero attached hydrogens (tertiary/aromatic N) is 1. The maximum Gasteiger partial charge on any atom is 0.222 e. The van der Waals surface area contributed by atoms with Crippen molar-refractivity contribution in [2.75, 3.05) is 6.61 Å². The zero-order valence-corrected chi connectivity index (χ0v) is 14.6. The molecule has 0 bridgehead atoms. The number of ether oxygens (including phenoxy) is 1. The monoisotopic (exact) mass is 367 g/mol. The molecule has 130 valence electrons. The predicted molar refractivity (Wildman–Crippen MR) is 101 cm³/mol. The summed E-state index contributed by atoms with van der Waals surface area (Å²) in [4.78, 5) is 5.28. The minimum atomic E-state index is -0.674. The lowest BCUT2D eigenvalue weighted by Gasteiger charge is -2.07. The van der Waals surface area contributed by atoms with Crippen LogP contribution < -0.4 is 0 Å². The zero-order chi connectivity index (χ0) is 18.1. The molecule has 1 aliphatic heterocycles. The van der Waals surface area contributed by atoms with Gasteiger partial charge >= 0.3 is 0 Å². The first-order chi connectivity index (χ1) is 12.6. The molecule has 0 fully saturated rings. The standard InChI is InChI=1S/C21H15F2NOS/c22-17-2-1-3-18(23)20(17)21-24-19(12-25-21)15-6-4-13(5-7-15)14-8-10-16(26)11-9-14/h1-11,19,26H,12H2. The molecule has 0 spiro atoms. The second-order valence-corrected chi connectivity index (χ2v) is 6.54. The SMILES string of the molecule is Fc1cccc(F)c1C1=NC(c2ccc(-c3ccc(S)cc3)cc2)CO1. The summed E-state index contributed by atoms with van der Waals surface area (Å²) in [7, 11) is 0. The molecule has 26 heavy (non-hydrogen) atoms. The van der Waals surface area contributed by atoms with Gasteiger partial charge in [0, 0.05) is 4.90 Å². The van der Waals surface area contributed by atoms with E-state index in [4.69, 9.17) is 4.74 Å². The molecule has 1 atom stereocenters. The second kappa shape index (κ2) is 6.92. The van der Waals surface area contributed by atoms with E-state index in [-0.39, 0.29) is 24.1 Å². The van der Waals surface area contributed by atoms with Crippen molar-refractivity contribution in [3.8, 4) is 11.1 Å². The first-order valence-electron chi connectivity index (χ1n) is 8.16. The van der Waals surface area contributed by atoms with Crippen molar-refractivity contribution in [2.45, 2.75) is 10.9 Å². The van der Waals surface area contributed by atoms with Gasteiger partial charge in [0.25, 0.3) is 0 Å². The van der Waals surface area contributed by atoms with Gasteiger partial charge in [-0.1, -0.05) is 42.5 Å². The fourth-order valence-corrected chi connectivity index (χ4v) is 3.08. The molecule has 0 saturated carbocycles. The lowest BCUT2D eigenvalue weighted by Crippen LogP contribution is -2.07. The van der Waals surface area contributed by atoms with Gasteiger partial charge in [0.1, 0.15) is 29.8 Å². The largest absolute Gasteiger partial charge is 0.475 e. The van der Waals surface area contributed by atoms with Crippen molar-refractivity contribution in [1.82, 2.24) is 0 Å². The number of hydrogen-bond donors (Lipinski definition) is 1. The highest BCUT2D eigenvalue weighted by Gasteiger charge is 2.26. The Kier molecular flexibility index (Phi) is 4.47. The molecule has 0 N–H and O–H groups in total. The highest BCUT2D eigenvalue weighted by atomic mass is 32.1. The Morgan fingerprint density at radius 2 is 1.42 bits per heavy atom. The molecule has 0 aromatic heterocycles. The van der Waals surface area contributed by atoms with Crippen molar-refractivity contribution in [2.24, 2.45) is 4.99 Å². The maximum absolute atomic E-state index is 13.9. The Hall–Kier alpha value is -2.66. The van der Waals surface area contributed by atoms with Crippen molar-refractivity contribution >= 4 is 18.5 Å². The summed E-state index contributed by atoms with van der Waals surface area (Å²) in [5.41, 5.74) is 2.89. The van der Waals surface area contributed by atoms with Crippen molar-refractivity contribution in [1.29, 1.82) is 0 Å². The van der Waals surface area contributed by atoms with Gasteiger partial charge in [-0.3, -0.25) is 0 Å². The third kappa shape index (κ3) is 3.22. The molecule has 4 rings (SSSR count). The van der Waals surface area contributed by atoms with E-state index in [2.05, 4.69) is 17.6 Å². The van der Waals surface area contributed by atoms with E-state index < -0.39 is 11.6 Å². The molecule has 0 saturated heterocycles. The van der Waals surface area contributed by atoms with Crippen LogP contribution >= 0.6 is 12.6 Å². The van der Waals surface area contributed by atoms with E-state index in [1.54, 1.807) is 0 Å². The molecular formula is C21H15F2NOS. The van der Waals surface area contributed by atoms with Gasteiger partial charge in [-0.15, -0.1) is 12.6 Å². The lowest BCUT2D eigenvalue weighted by molar-refractivity contribution is 0.317. The number of thiol groups is 1. The summed E-state index contributed by atoms with van der Waals surface area (Å²) >= 11 is 4.29. The number of hydrogen-bond acceptors (Lipinski definition) is 3. The summed E-state index contributed by atoms with van der Waals surface area (Å²) in [6.07, 6.45) is 0. The highest BCUT2D eigenvalue weighted by molar-refractivity contribution is 7.80. The van der Waals surface area contributed by atoms with Gasteiger partial charge in [-0.05, 0) is 41.0 Å². The van der Waals surface area contributed by atoms with Crippen LogP contribution in [0.15, 0.2) is 76.6 Å². The molecule has 1 unspecified atom stereocenters. The van der Waals surface area contributed by atoms with Gasteiger partial charge in [0.05, 0.1) is 0 Å². The van der Waals surface area contributed by atoms with E-state index >= 15 is 0 Å². The van der Waals surface area contributed by atoms with Crippen molar-refractivity contribution < 1.29 is 13.5 Å². The van der Waals surface area contributed by atoms with Gasteiger partial charge in [-0.25, -0.2) is 13.8 Å². The molecular weight excluding hydrogens is 352 g/mol. The lowest BCUT2D eigenvalue weighted by atomic mass is 10.0. The molecule has 1 aliphatic rings. The molecule has 0 amide bonds. The first kappa shape index (κ1) is 16.8. The Morgan fingerprint density at radius 1 is 0.846 bits per heavy atom. The first-order valence-corrected chi connectivity index (χ1v) is 8.61. The van der Waals surface area contributed by atoms with Gasteiger partial charge in [-0.2, -0.15) is 0 Å². The summed E-state index contributed by atoms with van der Waals surface area (Å²) in [6, 6.07) is 19.3. The van der Waals surface area contributed by atoms with Crippen LogP contribution in [-0.4, -0.2) is 12.5 Å². The second-order valence-electron chi connectivity index (χ2n) is 6.03. The van der Waals surface area contributed by atoms with Crippen LogP contribution in [0.2, 0.25) is 0 Å². The Bertz CT molecular complexity index is 948.